The Bertz CT molecular complexity index is 651. The van der Waals surface area contributed by atoms with Crippen LogP contribution in [0.2, 0.25) is 0 Å². The van der Waals surface area contributed by atoms with Crippen LogP contribution in [0.5, 0.6) is 5.75 Å². The number of carbonyl (C=O) groups is 1. The minimum atomic E-state index is -0.132. The second kappa shape index (κ2) is 7.02. The summed E-state index contributed by atoms with van der Waals surface area (Å²) in [5.74, 6) is 1.65. The predicted octanol–water partition coefficient (Wildman–Crippen LogP) is 2.85. The third-order valence-electron chi connectivity index (χ3n) is 3.24. The van der Waals surface area contributed by atoms with Crippen molar-refractivity contribution in [3.63, 3.8) is 0 Å². The van der Waals surface area contributed by atoms with Crippen LogP contribution in [0.3, 0.4) is 0 Å². The van der Waals surface area contributed by atoms with Gasteiger partial charge in [0.05, 0.1) is 18.4 Å². The standard InChI is InChI=1S/C17H21N3O2/c1-11(2)9-19-17(21)15-10-18-16(20-12(15)3)13-5-7-14(22-4)8-6-13/h5-8,10-11H,9H2,1-4H3,(H,19,21). The zero-order chi connectivity index (χ0) is 16.1. The molecule has 22 heavy (non-hydrogen) atoms. The zero-order valence-electron chi connectivity index (χ0n) is 13.4. The lowest BCUT2D eigenvalue weighted by Gasteiger charge is -2.10. The molecule has 0 spiro atoms. The summed E-state index contributed by atoms with van der Waals surface area (Å²) < 4.78 is 5.13. The van der Waals surface area contributed by atoms with Gasteiger partial charge in [0, 0.05) is 18.3 Å². The lowest BCUT2D eigenvalue weighted by molar-refractivity contribution is 0.0947. The molecule has 0 saturated carbocycles. The molecule has 5 heteroatoms. The summed E-state index contributed by atoms with van der Waals surface area (Å²) in [5.41, 5.74) is 2.07. The van der Waals surface area contributed by atoms with Crippen LogP contribution in [0, 0.1) is 12.8 Å². The van der Waals surface area contributed by atoms with Gasteiger partial charge in [-0.05, 0) is 37.1 Å². The average Bonchev–Trinajstić information content (AvgIpc) is 2.52. The van der Waals surface area contributed by atoms with E-state index >= 15 is 0 Å². The minimum Gasteiger partial charge on any atom is -0.497 e. The molecule has 0 aliphatic rings. The first-order chi connectivity index (χ1) is 10.5. The molecule has 0 bridgehead atoms. The highest BCUT2D eigenvalue weighted by molar-refractivity contribution is 5.95. The Morgan fingerprint density at radius 3 is 2.50 bits per heavy atom. The lowest BCUT2D eigenvalue weighted by atomic mass is 10.1. The third kappa shape index (κ3) is 3.81. The summed E-state index contributed by atoms with van der Waals surface area (Å²) in [5, 5.41) is 2.88. The van der Waals surface area contributed by atoms with Crippen molar-refractivity contribution in [2.24, 2.45) is 5.92 Å². The topological polar surface area (TPSA) is 64.1 Å². The first-order valence-corrected chi connectivity index (χ1v) is 7.27. The van der Waals surface area contributed by atoms with Crippen molar-refractivity contribution in [2.75, 3.05) is 13.7 Å². The summed E-state index contributed by atoms with van der Waals surface area (Å²) in [4.78, 5) is 20.8. The first kappa shape index (κ1) is 15.9. The number of hydrogen-bond donors (Lipinski definition) is 1. The average molecular weight is 299 g/mol. The molecule has 0 unspecified atom stereocenters. The monoisotopic (exact) mass is 299 g/mol. The summed E-state index contributed by atoms with van der Waals surface area (Å²) in [7, 11) is 1.63. The molecule has 0 saturated heterocycles. The number of carbonyl (C=O) groups excluding carboxylic acids is 1. The number of nitrogens with one attached hydrogen (secondary N) is 1. The van der Waals surface area contributed by atoms with E-state index in [0.717, 1.165) is 11.3 Å². The van der Waals surface area contributed by atoms with Crippen LogP contribution >= 0.6 is 0 Å². The summed E-state index contributed by atoms with van der Waals surface area (Å²) >= 11 is 0. The van der Waals surface area contributed by atoms with Crippen molar-refractivity contribution < 1.29 is 9.53 Å². The fraction of sp³-hybridized carbons (Fsp3) is 0.353. The highest BCUT2D eigenvalue weighted by atomic mass is 16.5. The molecule has 1 amide bonds. The van der Waals surface area contributed by atoms with Gasteiger partial charge in [0.1, 0.15) is 5.75 Å². The molecule has 0 atom stereocenters. The van der Waals surface area contributed by atoms with Gasteiger partial charge in [0.25, 0.3) is 5.91 Å². The van der Waals surface area contributed by atoms with Crippen molar-refractivity contribution in [2.45, 2.75) is 20.8 Å². The number of rotatable bonds is 5. The van der Waals surface area contributed by atoms with Crippen molar-refractivity contribution in [1.82, 2.24) is 15.3 Å². The van der Waals surface area contributed by atoms with Crippen LogP contribution < -0.4 is 10.1 Å². The van der Waals surface area contributed by atoms with E-state index in [1.165, 1.54) is 0 Å². The minimum absolute atomic E-state index is 0.132. The molecule has 116 valence electrons. The van der Waals surface area contributed by atoms with Crippen LogP contribution in [0.4, 0.5) is 0 Å². The number of aryl methyl sites for hydroxylation is 1. The highest BCUT2D eigenvalue weighted by Gasteiger charge is 2.12. The Labute approximate surface area is 130 Å². The number of benzene rings is 1. The number of hydrogen-bond acceptors (Lipinski definition) is 4. The van der Waals surface area contributed by atoms with Crippen LogP contribution in [0.1, 0.15) is 29.9 Å². The van der Waals surface area contributed by atoms with E-state index in [2.05, 4.69) is 29.1 Å². The molecular formula is C17H21N3O2. The van der Waals surface area contributed by atoms with E-state index < -0.39 is 0 Å². The maximum atomic E-state index is 12.1. The Morgan fingerprint density at radius 2 is 1.95 bits per heavy atom. The van der Waals surface area contributed by atoms with Gasteiger partial charge < -0.3 is 10.1 Å². The molecule has 0 fully saturated rings. The van der Waals surface area contributed by atoms with E-state index in [-0.39, 0.29) is 5.91 Å². The molecule has 5 nitrogen and oxygen atoms in total. The van der Waals surface area contributed by atoms with E-state index in [1.54, 1.807) is 13.3 Å². The Hall–Kier alpha value is -2.43. The molecule has 1 heterocycles. The number of ether oxygens (including phenoxy) is 1. The number of amides is 1. The fourth-order valence-corrected chi connectivity index (χ4v) is 1.96. The van der Waals surface area contributed by atoms with E-state index in [1.807, 2.05) is 31.2 Å². The van der Waals surface area contributed by atoms with Gasteiger partial charge in [0.15, 0.2) is 5.82 Å². The summed E-state index contributed by atoms with van der Waals surface area (Å²) in [6.07, 6.45) is 1.58. The zero-order valence-corrected chi connectivity index (χ0v) is 13.4. The molecule has 1 aromatic heterocycles. The third-order valence-corrected chi connectivity index (χ3v) is 3.24. The second-order valence-corrected chi connectivity index (χ2v) is 5.53. The summed E-state index contributed by atoms with van der Waals surface area (Å²) in [6, 6.07) is 7.51. The van der Waals surface area contributed by atoms with Crippen molar-refractivity contribution in [3.05, 3.63) is 41.7 Å². The first-order valence-electron chi connectivity index (χ1n) is 7.27. The number of methoxy groups -OCH3 is 1. The smallest absolute Gasteiger partial charge is 0.254 e. The van der Waals surface area contributed by atoms with Crippen molar-refractivity contribution in [3.8, 4) is 17.1 Å². The fourth-order valence-electron chi connectivity index (χ4n) is 1.96. The largest absolute Gasteiger partial charge is 0.497 e. The van der Waals surface area contributed by atoms with Gasteiger partial charge in [-0.1, -0.05) is 13.8 Å². The van der Waals surface area contributed by atoms with Gasteiger partial charge in [-0.25, -0.2) is 9.97 Å². The number of nitrogens with zero attached hydrogens (tertiary/aromatic N) is 2. The quantitative estimate of drug-likeness (QED) is 0.922. The van der Waals surface area contributed by atoms with Crippen LogP contribution in [0.15, 0.2) is 30.5 Å². The lowest BCUT2D eigenvalue weighted by Crippen LogP contribution is -2.28. The molecule has 0 radical (unpaired) electrons. The molecule has 2 aromatic rings. The summed E-state index contributed by atoms with van der Waals surface area (Å²) in [6.45, 7) is 6.56. The molecular weight excluding hydrogens is 278 g/mol. The van der Waals surface area contributed by atoms with Crippen molar-refractivity contribution >= 4 is 5.91 Å². The highest BCUT2D eigenvalue weighted by Crippen LogP contribution is 2.19. The maximum absolute atomic E-state index is 12.1. The van der Waals surface area contributed by atoms with E-state index in [9.17, 15) is 4.79 Å². The SMILES string of the molecule is COc1ccc(-c2ncc(C(=O)NCC(C)C)c(C)n2)cc1. The van der Waals surface area contributed by atoms with Crippen LogP contribution in [0.25, 0.3) is 11.4 Å². The van der Waals surface area contributed by atoms with Crippen LogP contribution in [-0.2, 0) is 0 Å². The molecule has 1 aromatic carbocycles. The van der Waals surface area contributed by atoms with Crippen molar-refractivity contribution in [1.29, 1.82) is 0 Å². The van der Waals surface area contributed by atoms with Gasteiger partial charge in [-0.15, -0.1) is 0 Å². The Kier molecular flexibility index (Phi) is 5.09. The molecule has 2 rings (SSSR count). The Balaban J connectivity index is 2.19. The van der Waals surface area contributed by atoms with Gasteiger partial charge in [-0.2, -0.15) is 0 Å². The Morgan fingerprint density at radius 1 is 1.27 bits per heavy atom. The normalized spacial score (nSPS) is 10.6. The predicted molar refractivity (Wildman–Crippen MR) is 85.9 cm³/mol. The molecule has 0 aliphatic heterocycles. The number of aromatic nitrogens is 2. The van der Waals surface area contributed by atoms with Gasteiger partial charge in [0.2, 0.25) is 0 Å². The van der Waals surface area contributed by atoms with E-state index in [4.69, 9.17) is 4.74 Å². The maximum Gasteiger partial charge on any atom is 0.254 e. The second-order valence-electron chi connectivity index (χ2n) is 5.53. The molecule has 1 N–H and O–H groups in total. The van der Waals surface area contributed by atoms with Gasteiger partial charge in [-0.3, -0.25) is 4.79 Å². The molecule has 0 aliphatic carbocycles. The van der Waals surface area contributed by atoms with Gasteiger partial charge >= 0.3 is 0 Å². The van der Waals surface area contributed by atoms with E-state index in [0.29, 0.717) is 29.5 Å². The van der Waals surface area contributed by atoms with Crippen LogP contribution in [-0.4, -0.2) is 29.5 Å².